The van der Waals surface area contributed by atoms with Gasteiger partial charge in [0.15, 0.2) is 0 Å². The van der Waals surface area contributed by atoms with Crippen molar-refractivity contribution >= 4 is 22.5 Å². The van der Waals surface area contributed by atoms with Crippen molar-refractivity contribution in [3.8, 4) is 5.75 Å². The highest BCUT2D eigenvalue weighted by Gasteiger charge is 2.23. The smallest absolute Gasteiger partial charge is 0.149 e. The van der Waals surface area contributed by atoms with Gasteiger partial charge in [-0.2, -0.15) is 0 Å². The molecule has 1 aliphatic carbocycles. The number of rotatable bonds is 4. The van der Waals surface area contributed by atoms with E-state index in [4.69, 9.17) is 10.5 Å². The maximum atomic E-state index is 6.23. The molecule has 1 saturated carbocycles. The van der Waals surface area contributed by atoms with E-state index in [1.807, 2.05) is 25.1 Å². The fourth-order valence-corrected chi connectivity index (χ4v) is 3.40. The molecule has 4 rings (SSSR count). The lowest BCUT2D eigenvalue weighted by molar-refractivity contribution is 0.152. The highest BCUT2D eigenvalue weighted by molar-refractivity contribution is 5.84. The molecular weight excluding hydrogens is 328 g/mol. The van der Waals surface area contributed by atoms with Crippen LogP contribution in [0.15, 0.2) is 36.9 Å². The quantitative estimate of drug-likeness (QED) is 0.697. The van der Waals surface area contributed by atoms with Gasteiger partial charge in [0.25, 0.3) is 0 Å². The fraction of sp³-hybridized carbons (Fsp3) is 0.368. The van der Waals surface area contributed by atoms with Gasteiger partial charge < -0.3 is 15.8 Å². The minimum atomic E-state index is 0.159. The Kier molecular flexibility index (Phi) is 4.51. The Balaban J connectivity index is 1.40. The van der Waals surface area contributed by atoms with E-state index in [2.05, 4.69) is 25.3 Å². The molecule has 1 aromatic carbocycles. The molecule has 2 heterocycles. The van der Waals surface area contributed by atoms with Gasteiger partial charge in [0.1, 0.15) is 23.4 Å². The van der Waals surface area contributed by atoms with E-state index < -0.39 is 0 Å². The van der Waals surface area contributed by atoms with Gasteiger partial charge in [0.2, 0.25) is 0 Å². The molecule has 0 amide bonds. The van der Waals surface area contributed by atoms with Crippen LogP contribution in [0, 0.1) is 6.92 Å². The number of fused-ring (bicyclic) bond motifs is 1. The Morgan fingerprint density at radius 1 is 1.00 bits per heavy atom. The molecule has 0 atom stereocenters. The fourth-order valence-electron chi connectivity index (χ4n) is 3.40. The molecule has 0 radical (unpaired) electrons. The highest BCUT2D eigenvalue weighted by Crippen LogP contribution is 2.30. The van der Waals surface area contributed by atoms with Crippen LogP contribution in [0.3, 0.4) is 0 Å². The van der Waals surface area contributed by atoms with Crippen molar-refractivity contribution in [2.45, 2.75) is 44.8 Å². The van der Waals surface area contributed by atoms with Crippen LogP contribution in [0.2, 0.25) is 0 Å². The van der Waals surface area contributed by atoms with E-state index in [-0.39, 0.29) is 6.10 Å². The number of aryl methyl sites for hydroxylation is 1. The summed E-state index contributed by atoms with van der Waals surface area (Å²) in [6.07, 6.45) is 9.09. The second-order valence-corrected chi connectivity index (χ2v) is 6.72. The zero-order chi connectivity index (χ0) is 17.9. The second kappa shape index (κ2) is 7.11. The van der Waals surface area contributed by atoms with Crippen LogP contribution >= 0.6 is 0 Å². The van der Waals surface area contributed by atoms with Crippen LogP contribution in [0.25, 0.3) is 11.0 Å². The van der Waals surface area contributed by atoms with Gasteiger partial charge in [-0.05, 0) is 38.7 Å². The number of ether oxygens (including phenoxy) is 1. The topological polar surface area (TPSA) is 98.8 Å². The van der Waals surface area contributed by atoms with Gasteiger partial charge in [0, 0.05) is 41.9 Å². The summed E-state index contributed by atoms with van der Waals surface area (Å²) in [5.41, 5.74) is 9.11. The minimum absolute atomic E-state index is 0.159. The number of benzene rings is 1. The molecule has 1 fully saturated rings. The van der Waals surface area contributed by atoms with Crippen molar-refractivity contribution < 1.29 is 4.74 Å². The summed E-state index contributed by atoms with van der Waals surface area (Å²) in [5, 5.41) is 3.50. The van der Waals surface area contributed by atoms with Crippen LogP contribution < -0.4 is 15.8 Å². The lowest BCUT2D eigenvalue weighted by atomic mass is 9.93. The maximum Gasteiger partial charge on any atom is 0.149 e. The molecule has 0 bridgehead atoms. The number of nitrogen functional groups attached to an aromatic ring is 1. The Bertz CT molecular complexity index is 907. The third kappa shape index (κ3) is 3.66. The summed E-state index contributed by atoms with van der Waals surface area (Å²) < 4.78 is 6.23. The number of nitrogens with zero attached hydrogens (tertiary/aromatic N) is 4. The molecule has 3 N–H and O–H groups in total. The molecule has 0 aliphatic heterocycles. The van der Waals surface area contributed by atoms with E-state index in [1.54, 1.807) is 18.7 Å². The first-order valence-corrected chi connectivity index (χ1v) is 8.89. The summed E-state index contributed by atoms with van der Waals surface area (Å²) >= 11 is 0. The standard InChI is InChI=1S/C19H22N6O/c1-12-8-18(24-11-23-12)25-14-2-4-15(5-3-14)26-17-10-13(20)9-16-19(17)22-7-6-21-16/h6-11,14-15H,2-5,20H2,1H3,(H,23,24,25). The molecule has 3 aromatic rings. The van der Waals surface area contributed by atoms with Crippen molar-refractivity contribution in [3.63, 3.8) is 0 Å². The molecule has 26 heavy (non-hydrogen) atoms. The third-order valence-corrected chi connectivity index (χ3v) is 4.68. The van der Waals surface area contributed by atoms with Crippen molar-refractivity contribution in [1.29, 1.82) is 0 Å². The second-order valence-electron chi connectivity index (χ2n) is 6.72. The first-order valence-electron chi connectivity index (χ1n) is 8.89. The predicted octanol–water partition coefficient (Wildman–Crippen LogP) is 3.11. The highest BCUT2D eigenvalue weighted by atomic mass is 16.5. The van der Waals surface area contributed by atoms with Crippen LogP contribution in [0.1, 0.15) is 31.4 Å². The number of nitrogens with one attached hydrogen (secondary N) is 1. The molecular formula is C19H22N6O. The summed E-state index contributed by atoms with van der Waals surface area (Å²) in [7, 11) is 0. The number of anilines is 2. The lowest BCUT2D eigenvalue weighted by Gasteiger charge is -2.30. The lowest BCUT2D eigenvalue weighted by Crippen LogP contribution is -2.31. The van der Waals surface area contributed by atoms with E-state index in [0.717, 1.165) is 54.0 Å². The maximum absolute atomic E-state index is 6.23. The zero-order valence-electron chi connectivity index (χ0n) is 14.7. The molecule has 7 nitrogen and oxygen atoms in total. The molecule has 0 spiro atoms. The number of hydrogen-bond acceptors (Lipinski definition) is 7. The van der Waals surface area contributed by atoms with Gasteiger partial charge in [-0.25, -0.2) is 15.0 Å². The zero-order valence-corrected chi connectivity index (χ0v) is 14.7. The van der Waals surface area contributed by atoms with Crippen LogP contribution in [0.4, 0.5) is 11.5 Å². The van der Waals surface area contributed by atoms with E-state index in [0.29, 0.717) is 11.7 Å². The molecule has 2 aromatic heterocycles. The van der Waals surface area contributed by atoms with Crippen LogP contribution in [0.5, 0.6) is 5.75 Å². The Morgan fingerprint density at radius 2 is 1.81 bits per heavy atom. The SMILES string of the molecule is Cc1cc(NC2CCC(Oc3cc(N)cc4nccnc34)CC2)ncn1. The van der Waals surface area contributed by atoms with E-state index in [9.17, 15) is 0 Å². The van der Waals surface area contributed by atoms with Crippen LogP contribution in [-0.2, 0) is 0 Å². The van der Waals surface area contributed by atoms with Gasteiger partial charge in [-0.1, -0.05) is 0 Å². The summed E-state index contributed by atoms with van der Waals surface area (Å²) in [5.74, 6) is 1.61. The van der Waals surface area contributed by atoms with Crippen molar-refractivity contribution in [3.05, 3.63) is 42.6 Å². The molecule has 1 aliphatic rings. The minimum Gasteiger partial charge on any atom is -0.488 e. The van der Waals surface area contributed by atoms with Crippen LogP contribution in [-0.4, -0.2) is 32.1 Å². The van der Waals surface area contributed by atoms with Crippen molar-refractivity contribution in [1.82, 2.24) is 19.9 Å². The molecule has 0 unspecified atom stereocenters. The Morgan fingerprint density at radius 3 is 2.62 bits per heavy atom. The molecule has 0 saturated heterocycles. The monoisotopic (exact) mass is 350 g/mol. The van der Waals surface area contributed by atoms with E-state index in [1.165, 1.54) is 0 Å². The predicted molar refractivity (Wildman–Crippen MR) is 101 cm³/mol. The Hall–Kier alpha value is -2.96. The van der Waals surface area contributed by atoms with Gasteiger partial charge >= 0.3 is 0 Å². The molecule has 134 valence electrons. The van der Waals surface area contributed by atoms with Gasteiger partial charge in [-0.15, -0.1) is 0 Å². The third-order valence-electron chi connectivity index (χ3n) is 4.68. The normalized spacial score (nSPS) is 20.0. The number of hydrogen-bond donors (Lipinski definition) is 2. The first-order chi connectivity index (χ1) is 12.7. The average Bonchev–Trinajstić information content (AvgIpc) is 2.63. The van der Waals surface area contributed by atoms with E-state index >= 15 is 0 Å². The van der Waals surface area contributed by atoms with Gasteiger partial charge in [0.05, 0.1) is 11.6 Å². The number of aromatic nitrogens is 4. The summed E-state index contributed by atoms with van der Waals surface area (Å²) in [6, 6.07) is 6.03. The summed E-state index contributed by atoms with van der Waals surface area (Å²) in [4.78, 5) is 17.1. The largest absolute Gasteiger partial charge is 0.488 e. The van der Waals surface area contributed by atoms with Crippen molar-refractivity contribution in [2.75, 3.05) is 11.1 Å². The summed E-state index contributed by atoms with van der Waals surface area (Å²) in [6.45, 7) is 1.97. The first kappa shape index (κ1) is 16.5. The Labute approximate surface area is 152 Å². The number of nitrogens with two attached hydrogens (primary N) is 1. The molecule has 7 heteroatoms. The van der Waals surface area contributed by atoms with Crippen molar-refractivity contribution in [2.24, 2.45) is 0 Å². The average molecular weight is 350 g/mol. The van der Waals surface area contributed by atoms with Gasteiger partial charge in [-0.3, -0.25) is 4.98 Å².